The summed E-state index contributed by atoms with van der Waals surface area (Å²) in [6, 6.07) is 7.03. The molecule has 0 aliphatic heterocycles. The molecule has 27 heavy (non-hydrogen) atoms. The predicted molar refractivity (Wildman–Crippen MR) is 104 cm³/mol. The molecule has 0 atom stereocenters. The number of methoxy groups -OCH3 is 1. The fourth-order valence-corrected chi connectivity index (χ4v) is 3.18. The van der Waals surface area contributed by atoms with E-state index in [4.69, 9.17) is 14.7 Å². The minimum Gasteiger partial charge on any atom is -0.493 e. The molecule has 0 bridgehead atoms. The van der Waals surface area contributed by atoms with Crippen molar-refractivity contribution in [2.24, 2.45) is 0 Å². The van der Waals surface area contributed by atoms with Crippen LogP contribution < -0.4 is 14.8 Å². The zero-order valence-electron chi connectivity index (χ0n) is 15.7. The Kier molecular flexibility index (Phi) is 8.52. The largest absolute Gasteiger partial charge is 0.493 e. The molecule has 1 aromatic carbocycles. The molecule has 144 valence electrons. The van der Waals surface area contributed by atoms with E-state index in [2.05, 4.69) is 28.5 Å². The Balaban J connectivity index is 1.71. The number of carbonyl (C=O) groups excluding carboxylic acids is 1. The van der Waals surface area contributed by atoms with Crippen molar-refractivity contribution in [3.8, 4) is 17.6 Å². The fourth-order valence-electron chi connectivity index (χ4n) is 2.38. The number of aromatic nitrogens is 2. The van der Waals surface area contributed by atoms with E-state index in [-0.39, 0.29) is 5.91 Å². The van der Waals surface area contributed by atoms with Crippen LogP contribution in [0.4, 0.5) is 5.13 Å². The Hall–Kier alpha value is -2.66. The second kappa shape index (κ2) is 11.1. The molecule has 0 radical (unpaired) electrons. The SMILES string of the molecule is CCCCCc1nnc(NC(=O)CCCOc2ccc(C#N)cc2OC)s1. The molecular formula is C19H24N4O3S. The van der Waals surface area contributed by atoms with Crippen molar-refractivity contribution in [2.75, 3.05) is 19.0 Å². The summed E-state index contributed by atoms with van der Waals surface area (Å²) in [4.78, 5) is 12.0. The highest BCUT2D eigenvalue weighted by Gasteiger charge is 2.09. The lowest BCUT2D eigenvalue weighted by Crippen LogP contribution is -2.12. The Morgan fingerprint density at radius 1 is 1.26 bits per heavy atom. The number of nitriles is 1. The van der Waals surface area contributed by atoms with Gasteiger partial charge in [-0.1, -0.05) is 31.1 Å². The van der Waals surface area contributed by atoms with E-state index in [1.807, 2.05) is 0 Å². The summed E-state index contributed by atoms with van der Waals surface area (Å²) in [5.74, 6) is 0.947. The summed E-state index contributed by atoms with van der Waals surface area (Å²) in [6.45, 7) is 2.53. The monoisotopic (exact) mass is 388 g/mol. The first-order chi connectivity index (χ1) is 13.2. The zero-order valence-corrected chi connectivity index (χ0v) is 16.5. The highest BCUT2D eigenvalue weighted by molar-refractivity contribution is 7.15. The average Bonchev–Trinajstić information content (AvgIpc) is 3.12. The molecule has 2 rings (SSSR count). The van der Waals surface area contributed by atoms with Gasteiger partial charge in [-0.25, -0.2) is 0 Å². The number of anilines is 1. The molecule has 1 aromatic heterocycles. The molecule has 2 aromatic rings. The fraction of sp³-hybridized carbons (Fsp3) is 0.474. The number of amides is 1. The first-order valence-corrected chi connectivity index (χ1v) is 9.81. The lowest BCUT2D eigenvalue weighted by atomic mass is 10.2. The van der Waals surface area contributed by atoms with E-state index in [1.165, 1.54) is 31.3 Å². The average molecular weight is 388 g/mol. The van der Waals surface area contributed by atoms with Crippen LogP contribution in [0.3, 0.4) is 0 Å². The summed E-state index contributed by atoms with van der Waals surface area (Å²) in [6.07, 6.45) is 5.21. The molecule has 0 spiro atoms. The lowest BCUT2D eigenvalue weighted by Gasteiger charge is -2.10. The van der Waals surface area contributed by atoms with Gasteiger partial charge in [0, 0.05) is 18.9 Å². The van der Waals surface area contributed by atoms with Crippen LogP contribution in [0.25, 0.3) is 0 Å². The number of unbranched alkanes of at least 4 members (excludes halogenated alkanes) is 2. The standard InChI is InChI=1S/C19H24N4O3S/c1-3-4-5-8-18-22-23-19(27-18)21-17(24)7-6-11-26-15-10-9-14(13-20)12-16(15)25-2/h9-10,12H,3-8,11H2,1-2H3,(H,21,23,24). The van der Waals surface area contributed by atoms with Crippen LogP contribution in [0.5, 0.6) is 11.5 Å². The van der Waals surface area contributed by atoms with Crippen molar-refractivity contribution < 1.29 is 14.3 Å². The smallest absolute Gasteiger partial charge is 0.226 e. The van der Waals surface area contributed by atoms with Crippen molar-refractivity contribution in [1.82, 2.24) is 10.2 Å². The molecule has 1 amide bonds. The maximum absolute atomic E-state index is 12.0. The van der Waals surface area contributed by atoms with E-state index >= 15 is 0 Å². The molecule has 0 saturated carbocycles. The van der Waals surface area contributed by atoms with Crippen molar-refractivity contribution >= 4 is 22.4 Å². The number of carbonyl (C=O) groups is 1. The molecule has 0 fully saturated rings. The highest BCUT2D eigenvalue weighted by atomic mass is 32.1. The van der Waals surface area contributed by atoms with Crippen molar-refractivity contribution in [3.63, 3.8) is 0 Å². The number of hydrogen-bond acceptors (Lipinski definition) is 7. The molecule has 0 unspecified atom stereocenters. The minimum absolute atomic E-state index is 0.110. The van der Waals surface area contributed by atoms with E-state index in [9.17, 15) is 4.79 Å². The van der Waals surface area contributed by atoms with Gasteiger partial charge < -0.3 is 14.8 Å². The van der Waals surface area contributed by atoms with Crippen LogP contribution in [-0.2, 0) is 11.2 Å². The molecule has 0 saturated heterocycles. The van der Waals surface area contributed by atoms with Crippen LogP contribution >= 0.6 is 11.3 Å². The van der Waals surface area contributed by atoms with Crippen LogP contribution in [0.15, 0.2) is 18.2 Å². The zero-order chi connectivity index (χ0) is 19.5. The van der Waals surface area contributed by atoms with E-state index in [1.54, 1.807) is 18.2 Å². The Morgan fingerprint density at radius 2 is 2.11 bits per heavy atom. The molecular weight excluding hydrogens is 364 g/mol. The Bertz CT molecular complexity index is 786. The van der Waals surface area contributed by atoms with Crippen molar-refractivity contribution in [1.29, 1.82) is 5.26 Å². The molecule has 0 aliphatic rings. The first-order valence-electron chi connectivity index (χ1n) is 8.99. The van der Waals surface area contributed by atoms with Gasteiger partial charge in [-0.2, -0.15) is 5.26 Å². The van der Waals surface area contributed by atoms with E-state index in [0.29, 0.717) is 41.6 Å². The lowest BCUT2D eigenvalue weighted by molar-refractivity contribution is -0.116. The molecule has 7 nitrogen and oxygen atoms in total. The highest BCUT2D eigenvalue weighted by Crippen LogP contribution is 2.28. The molecule has 1 heterocycles. The summed E-state index contributed by atoms with van der Waals surface area (Å²) in [5.41, 5.74) is 0.504. The number of aryl methyl sites for hydroxylation is 1. The van der Waals surface area contributed by atoms with Gasteiger partial charge in [0.25, 0.3) is 0 Å². The van der Waals surface area contributed by atoms with Crippen LogP contribution in [-0.4, -0.2) is 29.8 Å². The number of ether oxygens (including phenoxy) is 2. The number of nitrogens with one attached hydrogen (secondary N) is 1. The second-order valence-electron chi connectivity index (χ2n) is 5.94. The van der Waals surface area contributed by atoms with Crippen molar-refractivity contribution in [2.45, 2.75) is 45.4 Å². The minimum atomic E-state index is -0.110. The van der Waals surface area contributed by atoms with Gasteiger partial charge in [0.15, 0.2) is 11.5 Å². The number of hydrogen-bond donors (Lipinski definition) is 1. The Morgan fingerprint density at radius 3 is 2.85 bits per heavy atom. The molecule has 0 aliphatic carbocycles. The third-order valence-corrected chi connectivity index (χ3v) is 4.70. The number of nitrogens with zero attached hydrogens (tertiary/aromatic N) is 3. The van der Waals surface area contributed by atoms with E-state index < -0.39 is 0 Å². The van der Waals surface area contributed by atoms with Gasteiger partial charge >= 0.3 is 0 Å². The first kappa shape index (κ1) is 20.6. The summed E-state index contributed by atoms with van der Waals surface area (Å²) >= 11 is 1.43. The van der Waals surface area contributed by atoms with Gasteiger partial charge in [0.05, 0.1) is 25.3 Å². The van der Waals surface area contributed by atoms with Gasteiger partial charge in [-0.3, -0.25) is 4.79 Å². The maximum Gasteiger partial charge on any atom is 0.226 e. The molecule has 1 N–H and O–H groups in total. The quantitative estimate of drug-likeness (QED) is 0.586. The van der Waals surface area contributed by atoms with Crippen LogP contribution in [0.1, 0.15) is 49.6 Å². The third-order valence-electron chi connectivity index (χ3n) is 3.81. The van der Waals surface area contributed by atoms with Gasteiger partial charge in [0.2, 0.25) is 11.0 Å². The van der Waals surface area contributed by atoms with E-state index in [0.717, 1.165) is 17.8 Å². The van der Waals surface area contributed by atoms with Gasteiger partial charge in [-0.15, -0.1) is 10.2 Å². The topological polar surface area (TPSA) is 97.1 Å². The van der Waals surface area contributed by atoms with Gasteiger partial charge in [0.1, 0.15) is 5.01 Å². The van der Waals surface area contributed by atoms with Gasteiger partial charge in [-0.05, 0) is 25.0 Å². The summed E-state index contributed by atoms with van der Waals surface area (Å²) < 4.78 is 10.9. The summed E-state index contributed by atoms with van der Waals surface area (Å²) in [5, 5.41) is 21.3. The normalized spacial score (nSPS) is 10.3. The van der Waals surface area contributed by atoms with Crippen LogP contribution in [0, 0.1) is 11.3 Å². The van der Waals surface area contributed by atoms with Crippen LogP contribution in [0.2, 0.25) is 0 Å². The second-order valence-corrected chi connectivity index (χ2v) is 7.00. The summed E-state index contributed by atoms with van der Waals surface area (Å²) in [7, 11) is 1.52. The Labute approximate surface area is 163 Å². The predicted octanol–water partition coefficient (Wildman–Crippen LogP) is 3.95. The number of rotatable bonds is 11. The molecule has 8 heteroatoms. The van der Waals surface area contributed by atoms with Crippen molar-refractivity contribution in [3.05, 3.63) is 28.8 Å². The third kappa shape index (κ3) is 6.87. The number of benzene rings is 1. The maximum atomic E-state index is 12.0.